The Morgan fingerprint density at radius 1 is 1.17 bits per heavy atom. The number of benzene rings is 1. The van der Waals surface area contributed by atoms with Gasteiger partial charge >= 0.3 is 0 Å². The zero-order chi connectivity index (χ0) is 18.1. The summed E-state index contributed by atoms with van der Waals surface area (Å²) in [7, 11) is -3.83. The van der Waals surface area contributed by atoms with Crippen molar-refractivity contribution in [3.8, 4) is 0 Å². The Kier molecular flexibility index (Phi) is 6.20. The van der Waals surface area contributed by atoms with Gasteiger partial charge in [0.2, 0.25) is 10.0 Å². The summed E-state index contributed by atoms with van der Waals surface area (Å²) in [5.41, 5.74) is 1.96. The molecule has 1 aromatic heterocycles. The third kappa shape index (κ3) is 4.64. The van der Waals surface area contributed by atoms with E-state index >= 15 is 0 Å². The van der Waals surface area contributed by atoms with Crippen LogP contribution in [0.1, 0.15) is 18.3 Å². The van der Waals surface area contributed by atoms with Crippen LogP contribution in [0, 0.1) is 19.8 Å². The SMILES string of the molecule is Cc1cc(C)n(CC(C)CNS(=O)(=O)c2c(Cl)cc(Cl)cc2Cl)n1. The van der Waals surface area contributed by atoms with Gasteiger partial charge in [0, 0.05) is 23.8 Å². The van der Waals surface area contributed by atoms with E-state index in [1.54, 1.807) is 0 Å². The number of hydrogen-bond acceptors (Lipinski definition) is 3. The van der Waals surface area contributed by atoms with Crippen LogP contribution in [0.3, 0.4) is 0 Å². The number of nitrogens with zero attached hydrogens (tertiary/aromatic N) is 2. The van der Waals surface area contributed by atoms with Crippen molar-refractivity contribution in [1.82, 2.24) is 14.5 Å². The van der Waals surface area contributed by atoms with E-state index in [1.807, 2.05) is 31.5 Å². The summed E-state index contributed by atoms with van der Waals surface area (Å²) in [6.45, 7) is 6.65. The molecule has 0 aliphatic rings. The van der Waals surface area contributed by atoms with Gasteiger partial charge in [-0.2, -0.15) is 5.10 Å². The first-order valence-electron chi connectivity index (χ1n) is 7.25. The molecule has 1 N–H and O–H groups in total. The highest BCUT2D eigenvalue weighted by atomic mass is 35.5. The molecule has 1 aromatic carbocycles. The fourth-order valence-electron chi connectivity index (χ4n) is 2.33. The van der Waals surface area contributed by atoms with Crippen LogP contribution in [0.15, 0.2) is 23.1 Å². The second kappa shape index (κ2) is 7.62. The maximum absolute atomic E-state index is 12.5. The van der Waals surface area contributed by atoms with E-state index in [9.17, 15) is 8.42 Å². The molecule has 0 radical (unpaired) electrons. The lowest BCUT2D eigenvalue weighted by Gasteiger charge is -2.15. The molecule has 0 bridgehead atoms. The van der Waals surface area contributed by atoms with Gasteiger partial charge in [-0.1, -0.05) is 41.7 Å². The number of nitrogens with one attached hydrogen (secondary N) is 1. The van der Waals surface area contributed by atoms with Crippen molar-refractivity contribution < 1.29 is 8.42 Å². The van der Waals surface area contributed by atoms with Gasteiger partial charge in [-0.3, -0.25) is 4.68 Å². The molecule has 0 spiro atoms. The van der Waals surface area contributed by atoms with Gasteiger partial charge in [-0.05, 0) is 38.0 Å². The first kappa shape index (κ1) is 19.5. The number of sulfonamides is 1. The highest BCUT2D eigenvalue weighted by molar-refractivity contribution is 7.89. The van der Waals surface area contributed by atoms with E-state index < -0.39 is 10.0 Å². The molecule has 0 fully saturated rings. The Morgan fingerprint density at radius 3 is 2.25 bits per heavy atom. The average Bonchev–Trinajstić information content (AvgIpc) is 2.73. The molecule has 1 atom stereocenters. The maximum atomic E-state index is 12.5. The number of aryl methyl sites for hydroxylation is 2. The first-order chi connectivity index (χ1) is 11.1. The minimum Gasteiger partial charge on any atom is -0.269 e. The lowest BCUT2D eigenvalue weighted by molar-refractivity contribution is 0.436. The van der Waals surface area contributed by atoms with Gasteiger partial charge < -0.3 is 0 Å². The van der Waals surface area contributed by atoms with E-state index in [0.29, 0.717) is 6.54 Å². The third-order valence-corrected chi connectivity index (χ3v) is 6.00. The van der Waals surface area contributed by atoms with Gasteiger partial charge in [-0.15, -0.1) is 0 Å². The van der Waals surface area contributed by atoms with Crippen LogP contribution in [-0.4, -0.2) is 24.7 Å². The standard InChI is InChI=1S/C15H18Cl3N3O2S/c1-9(8-21-11(3)4-10(2)20-21)7-19-24(22,23)15-13(17)5-12(16)6-14(15)18/h4-6,9,19H,7-8H2,1-3H3. The molecule has 2 rings (SSSR count). The number of rotatable bonds is 6. The van der Waals surface area contributed by atoms with E-state index in [0.717, 1.165) is 11.4 Å². The van der Waals surface area contributed by atoms with Crippen LogP contribution in [0.4, 0.5) is 0 Å². The Balaban J connectivity index is 2.09. The van der Waals surface area contributed by atoms with Crippen molar-refractivity contribution in [2.75, 3.05) is 6.54 Å². The van der Waals surface area contributed by atoms with Crippen LogP contribution < -0.4 is 4.72 Å². The monoisotopic (exact) mass is 409 g/mol. The highest BCUT2D eigenvalue weighted by Gasteiger charge is 2.23. The normalized spacial score (nSPS) is 13.2. The summed E-state index contributed by atoms with van der Waals surface area (Å²) in [5, 5.41) is 4.64. The van der Waals surface area contributed by atoms with E-state index in [2.05, 4.69) is 9.82 Å². The quantitative estimate of drug-likeness (QED) is 0.780. The summed E-state index contributed by atoms with van der Waals surface area (Å²) in [6.07, 6.45) is 0. The Bertz CT molecular complexity index is 827. The fourth-order valence-corrected chi connectivity index (χ4v) is 5.04. The molecule has 0 aliphatic heterocycles. The second-order valence-corrected chi connectivity index (χ2v) is 8.72. The van der Waals surface area contributed by atoms with Crippen molar-refractivity contribution >= 4 is 44.8 Å². The molecule has 0 saturated heterocycles. The first-order valence-corrected chi connectivity index (χ1v) is 9.87. The predicted octanol–water partition coefficient (Wildman–Crippen LogP) is 4.07. The van der Waals surface area contributed by atoms with Crippen molar-refractivity contribution in [2.45, 2.75) is 32.2 Å². The summed E-state index contributed by atoms with van der Waals surface area (Å²) >= 11 is 17.8. The molecule has 9 heteroatoms. The third-order valence-electron chi connectivity index (χ3n) is 3.44. The van der Waals surface area contributed by atoms with E-state index in [1.165, 1.54) is 12.1 Å². The molecule has 1 unspecified atom stereocenters. The van der Waals surface area contributed by atoms with Crippen molar-refractivity contribution in [2.24, 2.45) is 5.92 Å². The number of hydrogen-bond donors (Lipinski definition) is 1. The lowest BCUT2D eigenvalue weighted by Crippen LogP contribution is -2.30. The summed E-state index contributed by atoms with van der Waals surface area (Å²) in [5.74, 6) is 0.0302. The van der Waals surface area contributed by atoms with E-state index in [4.69, 9.17) is 34.8 Å². The van der Waals surface area contributed by atoms with Gasteiger partial charge in [0.15, 0.2) is 0 Å². The van der Waals surface area contributed by atoms with Crippen molar-refractivity contribution in [3.05, 3.63) is 44.7 Å². The second-order valence-electron chi connectivity index (χ2n) is 5.76. The molecule has 24 heavy (non-hydrogen) atoms. The Labute approximate surface area is 157 Å². The summed E-state index contributed by atoms with van der Waals surface area (Å²) in [6, 6.07) is 4.68. The largest absolute Gasteiger partial charge is 0.269 e. The molecule has 2 aromatic rings. The zero-order valence-corrected chi connectivity index (χ0v) is 16.6. The average molecular weight is 411 g/mol. The van der Waals surface area contributed by atoms with Crippen LogP contribution in [0.5, 0.6) is 0 Å². The number of aromatic nitrogens is 2. The van der Waals surface area contributed by atoms with E-state index in [-0.39, 0.29) is 32.4 Å². The number of halogens is 3. The molecular weight excluding hydrogens is 393 g/mol. The van der Waals surface area contributed by atoms with Gasteiger partial charge in [-0.25, -0.2) is 13.1 Å². The molecule has 0 saturated carbocycles. The lowest BCUT2D eigenvalue weighted by atomic mass is 10.2. The minimum absolute atomic E-state index is 0.00815. The smallest absolute Gasteiger partial charge is 0.243 e. The minimum atomic E-state index is -3.83. The van der Waals surface area contributed by atoms with Crippen LogP contribution in [0.25, 0.3) is 0 Å². The topological polar surface area (TPSA) is 64.0 Å². The predicted molar refractivity (Wildman–Crippen MR) is 97.5 cm³/mol. The Morgan fingerprint density at radius 2 is 1.75 bits per heavy atom. The Hall–Kier alpha value is -0.790. The molecular formula is C15H18Cl3N3O2S. The van der Waals surface area contributed by atoms with Crippen LogP contribution >= 0.6 is 34.8 Å². The van der Waals surface area contributed by atoms with Crippen molar-refractivity contribution in [3.63, 3.8) is 0 Å². The molecule has 0 amide bonds. The van der Waals surface area contributed by atoms with Gasteiger partial charge in [0.05, 0.1) is 15.7 Å². The molecule has 1 heterocycles. The highest BCUT2D eigenvalue weighted by Crippen LogP contribution is 2.32. The fraction of sp³-hybridized carbons (Fsp3) is 0.400. The summed E-state index contributed by atoms with van der Waals surface area (Å²) in [4.78, 5) is -0.159. The molecule has 5 nitrogen and oxygen atoms in total. The molecule has 0 aliphatic carbocycles. The molecule has 132 valence electrons. The van der Waals surface area contributed by atoms with Crippen molar-refractivity contribution in [1.29, 1.82) is 0 Å². The van der Waals surface area contributed by atoms with Crippen LogP contribution in [0.2, 0.25) is 15.1 Å². The summed E-state index contributed by atoms with van der Waals surface area (Å²) < 4.78 is 29.3. The van der Waals surface area contributed by atoms with Gasteiger partial charge in [0.1, 0.15) is 4.90 Å². The van der Waals surface area contributed by atoms with Gasteiger partial charge in [0.25, 0.3) is 0 Å². The maximum Gasteiger partial charge on any atom is 0.243 e. The zero-order valence-electron chi connectivity index (χ0n) is 13.5. The van der Waals surface area contributed by atoms with Crippen LogP contribution in [-0.2, 0) is 16.6 Å².